The second kappa shape index (κ2) is 12.6. The minimum atomic E-state index is -0.508. The highest BCUT2D eigenvalue weighted by atomic mass is 79.9. The van der Waals surface area contributed by atoms with Crippen molar-refractivity contribution < 1.29 is 19.2 Å². The molecule has 0 aromatic heterocycles. The van der Waals surface area contributed by atoms with Gasteiger partial charge in [-0.15, -0.1) is 0 Å². The normalized spacial score (nSPS) is 10.9. The predicted octanol–water partition coefficient (Wildman–Crippen LogP) is 6.23. The second-order valence-electron chi connectivity index (χ2n) is 8.23. The van der Waals surface area contributed by atoms with Crippen molar-refractivity contribution >= 4 is 33.7 Å². The van der Waals surface area contributed by atoms with Crippen molar-refractivity contribution in [1.82, 2.24) is 5.43 Å². The number of hydrogen-bond acceptors (Lipinski definition) is 6. The molecule has 0 heterocycles. The largest absolute Gasteiger partial charge is 0.493 e. The Morgan fingerprint density at radius 3 is 2.16 bits per heavy atom. The Balaban J connectivity index is 1.46. The third-order valence-corrected chi connectivity index (χ3v) is 6.29. The highest BCUT2D eigenvalue weighted by Crippen LogP contribution is 2.37. The zero-order valence-corrected chi connectivity index (χ0v) is 22.0. The average molecular weight is 574 g/mol. The monoisotopic (exact) mass is 573 g/mol. The van der Waals surface area contributed by atoms with Crippen molar-refractivity contribution in [2.45, 2.75) is 12.5 Å². The fraction of sp³-hybridized carbons (Fsp3) is 0.103. The number of nitro benzene ring substituents is 1. The summed E-state index contributed by atoms with van der Waals surface area (Å²) < 4.78 is 12.0. The Morgan fingerprint density at radius 1 is 1.00 bits per heavy atom. The summed E-state index contributed by atoms with van der Waals surface area (Å²) >= 11 is 3.50. The van der Waals surface area contributed by atoms with E-state index in [1.54, 1.807) is 24.3 Å². The number of nitrogens with one attached hydrogen (secondary N) is 1. The van der Waals surface area contributed by atoms with Gasteiger partial charge in [0.1, 0.15) is 6.61 Å². The van der Waals surface area contributed by atoms with E-state index in [0.29, 0.717) is 21.5 Å². The maximum Gasteiger partial charge on any atom is 0.269 e. The SMILES string of the molecule is COc1cc(/C=N/NC(=O)C(c2ccccc2)c2ccccc2)cc(Br)c1OCc1ccc([N+](=O)[O-])cc1. The lowest BCUT2D eigenvalue weighted by atomic mass is 9.91. The molecule has 0 spiro atoms. The van der Waals surface area contributed by atoms with Crippen LogP contribution in [0.25, 0.3) is 0 Å². The molecule has 0 fully saturated rings. The van der Waals surface area contributed by atoms with Crippen LogP contribution in [0.15, 0.2) is 107 Å². The number of non-ortho nitro benzene ring substituents is 1. The van der Waals surface area contributed by atoms with Crippen LogP contribution in [-0.2, 0) is 11.4 Å². The standard InChI is InChI=1S/C29H24BrN3O5/c1-37-26-17-21(16-25(30)28(26)38-19-20-12-14-24(15-13-20)33(35)36)18-31-32-29(34)27(22-8-4-2-5-9-22)23-10-6-3-7-11-23/h2-18,27H,19H2,1H3,(H,32,34)/b31-18+. The number of rotatable bonds is 10. The first kappa shape index (κ1) is 26.6. The maximum atomic E-state index is 13.1. The van der Waals surface area contributed by atoms with E-state index in [9.17, 15) is 14.9 Å². The Morgan fingerprint density at radius 2 is 1.61 bits per heavy atom. The third kappa shape index (κ3) is 6.63. The van der Waals surface area contributed by atoms with Crippen LogP contribution in [0.4, 0.5) is 5.69 Å². The fourth-order valence-corrected chi connectivity index (χ4v) is 4.42. The molecule has 4 rings (SSSR count). The summed E-state index contributed by atoms with van der Waals surface area (Å²) in [6.45, 7) is 0.191. The van der Waals surface area contributed by atoms with Crippen molar-refractivity contribution in [3.8, 4) is 11.5 Å². The first-order chi connectivity index (χ1) is 18.5. The van der Waals surface area contributed by atoms with Gasteiger partial charge in [0, 0.05) is 12.1 Å². The third-order valence-electron chi connectivity index (χ3n) is 5.70. The number of nitro groups is 1. The van der Waals surface area contributed by atoms with E-state index in [1.807, 2.05) is 60.7 Å². The summed E-state index contributed by atoms with van der Waals surface area (Å²) in [6.07, 6.45) is 1.53. The molecule has 0 unspecified atom stereocenters. The van der Waals surface area contributed by atoms with Gasteiger partial charge in [0.25, 0.3) is 11.6 Å². The number of hydrazone groups is 1. The molecule has 4 aromatic carbocycles. The summed E-state index contributed by atoms with van der Waals surface area (Å²) in [7, 11) is 1.52. The molecular formula is C29H24BrN3O5. The van der Waals surface area contributed by atoms with Crippen LogP contribution in [0.3, 0.4) is 0 Å². The molecule has 1 N–H and O–H groups in total. The van der Waals surface area contributed by atoms with E-state index >= 15 is 0 Å². The summed E-state index contributed by atoms with van der Waals surface area (Å²) in [5, 5.41) is 15.0. The Kier molecular flexibility index (Phi) is 8.84. The molecule has 0 aliphatic heterocycles. The van der Waals surface area contributed by atoms with E-state index in [4.69, 9.17) is 9.47 Å². The van der Waals surface area contributed by atoms with E-state index in [2.05, 4.69) is 26.5 Å². The molecular weight excluding hydrogens is 550 g/mol. The van der Waals surface area contributed by atoms with Crippen LogP contribution >= 0.6 is 15.9 Å². The molecule has 8 nitrogen and oxygen atoms in total. The number of halogens is 1. The van der Waals surface area contributed by atoms with Gasteiger partial charge in [0.15, 0.2) is 11.5 Å². The summed E-state index contributed by atoms with van der Waals surface area (Å²) in [4.78, 5) is 23.5. The van der Waals surface area contributed by atoms with Gasteiger partial charge in [0.2, 0.25) is 0 Å². The Hall–Kier alpha value is -4.50. The highest BCUT2D eigenvalue weighted by molar-refractivity contribution is 9.10. The first-order valence-electron chi connectivity index (χ1n) is 11.6. The van der Waals surface area contributed by atoms with Crippen molar-refractivity contribution in [3.05, 3.63) is 134 Å². The van der Waals surface area contributed by atoms with E-state index in [0.717, 1.165) is 16.7 Å². The molecule has 4 aromatic rings. The molecule has 192 valence electrons. The number of carbonyl (C=O) groups excluding carboxylic acids is 1. The molecule has 0 aliphatic carbocycles. The quantitative estimate of drug-likeness (QED) is 0.138. The van der Waals surface area contributed by atoms with E-state index in [1.165, 1.54) is 25.5 Å². The van der Waals surface area contributed by atoms with Crippen LogP contribution in [0.1, 0.15) is 28.2 Å². The summed E-state index contributed by atoms with van der Waals surface area (Å²) in [5.41, 5.74) is 5.84. The van der Waals surface area contributed by atoms with Crippen molar-refractivity contribution in [2.24, 2.45) is 5.10 Å². The predicted molar refractivity (Wildman–Crippen MR) is 149 cm³/mol. The Bertz CT molecular complexity index is 1390. The van der Waals surface area contributed by atoms with E-state index < -0.39 is 10.8 Å². The van der Waals surface area contributed by atoms with Crippen LogP contribution in [0.2, 0.25) is 0 Å². The number of carbonyl (C=O) groups is 1. The van der Waals surface area contributed by atoms with Crippen molar-refractivity contribution in [3.63, 3.8) is 0 Å². The lowest BCUT2D eigenvalue weighted by Crippen LogP contribution is -2.26. The molecule has 1 amide bonds. The average Bonchev–Trinajstić information content (AvgIpc) is 2.93. The molecule has 0 radical (unpaired) electrons. The van der Waals surface area contributed by atoms with Crippen molar-refractivity contribution in [1.29, 1.82) is 0 Å². The number of amides is 1. The van der Waals surface area contributed by atoms with Gasteiger partial charge in [-0.2, -0.15) is 5.10 Å². The molecule has 0 aliphatic rings. The van der Waals surface area contributed by atoms with Gasteiger partial charge in [-0.25, -0.2) is 5.43 Å². The molecule has 0 bridgehead atoms. The molecule has 38 heavy (non-hydrogen) atoms. The fourth-order valence-electron chi connectivity index (χ4n) is 3.84. The second-order valence-corrected chi connectivity index (χ2v) is 9.09. The Labute approximate surface area is 228 Å². The van der Waals surface area contributed by atoms with Gasteiger partial charge in [-0.05, 0) is 62.4 Å². The molecule has 0 saturated heterocycles. The summed E-state index contributed by atoms with van der Waals surface area (Å²) in [6, 6.07) is 28.7. The highest BCUT2D eigenvalue weighted by Gasteiger charge is 2.22. The van der Waals surface area contributed by atoms with Crippen LogP contribution in [0, 0.1) is 10.1 Å². The topological polar surface area (TPSA) is 103 Å². The van der Waals surface area contributed by atoms with E-state index in [-0.39, 0.29) is 18.2 Å². The van der Waals surface area contributed by atoms with Gasteiger partial charge < -0.3 is 9.47 Å². The number of hydrogen-bond donors (Lipinski definition) is 1. The maximum absolute atomic E-state index is 13.1. The lowest BCUT2D eigenvalue weighted by molar-refractivity contribution is -0.384. The van der Waals surface area contributed by atoms with Crippen LogP contribution in [0.5, 0.6) is 11.5 Å². The summed E-state index contributed by atoms with van der Waals surface area (Å²) in [5.74, 6) is 0.166. The van der Waals surface area contributed by atoms with Crippen LogP contribution in [-0.4, -0.2) is 24.2 Å². The number of benzene rings is 4. The first-order valence-corrected chi connectivity index (χ1v) is 12.4. The molecule has 0 atom stereocenters. The minimum Gasteiger partial charge on any atom is -0.493 e. The molecule has 0 saturated carbocycles. The van der Waals surface area contributed by atoms with Gasteiger partial charge in [-0.3, -0.25) is 14.9 Å². The zero-order valence-electron chi connectivity index (χ0n) is 20.4. The smallest absolute Gasteiger partial charge is 0.269 e. The lowest BCUT2D eigenvalue weighted by Gasteiger charge is -2.16. The van der Waals surface area contributed by atoms with Gasteiger partial charge in [-0.1, -0.05) is 60.7 Å². The zero-order chi connectivity index (χ0) is 26.9. The number of nitrogens with zero attached hydrogens (tertiary/aromatic N) is 2. The van der Waals surface area contributed by atoms with Crippen molar-refractivity contribution in [2.75, 3.05) is 7.11 Å². The van der Waals surface area contributed by atoms with Crippen LogP contribution < -0.4 is 14.9 Å². The minimum absolute atomic E-state index is 0.0158. The van der Waals surface area contributed by atoms with Gasteiger partial charge >= 0.3 is 0 Å². The number of methoxy groups -OCH3 is 1. The number of ether oxygens (including phenoxy) is 2. The van der Waals surface area contributed by atoms with Gasteiger partial charge in [0.05, 0.1) is 28.6 Å². The molecule has 9 heteroatoms.